The van der Waals surface area contributed by atoms with Gasteiger partial charge < -0.3 is 5.32 Å². The summed E-state index contributed by atoms with van der Waals surface area (Å²) < 4.78 is 0.971. The molecule has 3 heteroatoms. The number of rotatable bonds is 2. The molecule has 0 saturated carbocycles. The van der Waals surface area contributed by atoms with Gasteiger partial charge in [0.2, 0.25) is 0 Å². The highest BCUT2D eigenvalue weighted by atomic mass is 79.9. The van der Waals surface area contributed by atoms with Gasteiger partial charge >= 0.3 is 0 Å². The Bertz CT molecular complexity index is 372. The molecule has 0 bridgehead atoms. The van der Waals surface area contributed by atoms with E-state index in [1.807, 2.05) is 25.1 Å². The van der Waals surface area contributed by atoms with Crippen LogP contribution in [-0.4, -0.2) is 18.9 Å². The highest BCUT2D eigenvalue weighted by Crippen LogP contribution is 2.20. The van der Waals surface area contributed by atoms with Crippen molar-refractivity contribution in [2.75, 3.05) is 13.1 Å². The molecule has 1 fully saturated rings. The quantitative estimate of drug-likeness (QED) is 0.819. The molecule has 74 valence electrons. The fourth-order valence-corrected chi connectivity index (χ4v) is 1.91. The molecule has 1 aromatic rings. The van der Waals surface area contributed by atoms with Gasteiger partial charge in [-0.25, -0.2) is 0 Å². The predicted molar refractivity (Wildman–Crippen MR) is 59.6 cm³/mol. The third-order valence-corrected chi connectivity index (χ3v) is 3.11. The molecule has 1 N–H and O–H groups in total. The standard InChI is InChI=1S/C11H12BrNO/c1-7-2-3-9(12)4-10(7)11(14)8-5-13-6-8/h2-4,8,13H,5-6H2,1H3. The molecule has 0 aromatic heterocycles. The Balaban J connectivity index is 2.29. The van der Waals surface area contributed by atoms with Crippen LogP contribution in [0.1, 0.15) is 15.9 Å². The van der Waals surface area contributed by atoms with Crippen LogP contribution in [0.2, 0.25) is 0 Å². The first-order chi connectivity index (χ1) is 6.68. The van der Waals surface area contributed by atoms with Crippen LogP contribution in [0.4, 0.5) is 0 Å². The van der Waals surface area contributed by atoms with Crippen LogP contribution in [-0.2, 0) is 0 Å². The number of aryl methyl sites for hydroxylation is 1. The minimum Gasteiger partial charge on any atom is -0.315 e. The van der Waals surface area contributed by atoms with Crippen LogP contribution in [0, 0.1) is 12.8 Å². The molecular weight excluding hydrogens is 242 g/mol. The van der Waals surface area contributed by atoms with Crippen molar-refractivity contribution in [1.82, 2.24) is 5.32 Å². The van der Waals surface area contributed by atoms with Crippen molar-refractivity contribution in [3.8, 4) is 0 Å². The molecule has 1 saturated heterocycles. The van der Waals surface area contributed by atoms with Gasteiger partial charge in [-0.2, -0.15) is 0 Å². The van der Waals surface area contributed by atoms with E-state index in [1.165, 1.54) is 0 Å². The smallest absolute Gasteiger partial charge is 0.168 e. The number of Topliss-reactive ketones (excluding diaryl/α,β-unsaturated/α-hetero) is 1. The molecule has 2 nitrogen and oxygen atoms in total. The zero-order chi connectivity index (χ0) is 10.1. The van der Waals surface area contributed by atoms with Gasteiger partial charge in [0.1, 0.15) is 0 Å². The first-order valence-corrected chi connectivity index (χ1v) is 5.49. The highest BCUT2D eigenvalue weighted by molar-refractivity contribution is 9.10. The molecule has 0 atom stereocenters. The first-order valence-electron chi connectivity index (χ1n) is 4.69. The average molecular weight is 254 g/mol. The van der Waals surface area contributed by atoms with Gasteiger partial charge in [-0.15, -0.1) is 0 Å². The van der Waals surface area contributed by atoms with Crippen LogP contribution < -0.4 is 5.32 Å². The molecule has 1 aliphatic rings. The van der Waals surface area contributed by atoms with E-state index in [0.29, 0.717) is 0 Å². The minimum absolute atomic E-state index is 0.183. The molecule has 14 heavy (non-hydrogen) atoms. The molecule has 1 aliphatic heterocycles. The normalized spacial score (nSPS) is 16.4. The average Bonchev–Trinajstić information content (AvgIpc) is 2.06. The monoisotopic (exact) mass is 253 g/mol. The van der Waals surface area contributed by atoms with Crippen molar-refractivity contribution in [3.05, 3.63) is 33.8 Å². The second-order valence-corrected chi connectivity index (χ2v) is 4.59. The van der Waals surface area contributed by atoms with Gasteiger partial charge in [-0.3, -0.25) is 4.79 Å². The molecule has 0 spiro atoms. The summed E-state index contributed by atoms with van der Waals surface area (Å²) in [6.45, 7) is 3.63. The van der Waals surface area contributed by atoms with Crippen molar-refractivity contribution >= 4 is 21.7 Å². The van der Waals surface area contributed by atoms with E-state index in [9.17, 15) is 4.79 Å². The summed E-state index contributed by atoms with van der Waals surface area (Å²) in [6.07, 6.45) is 0. The Kier molecular flexibility index (Phi) is 2.70. The summed E-state index contributed by atoms with van der Waals surface area (Å²) in [6, 6.07) is 5.85. The van der Waals surface area contributed by atoms with Gasteiger partial charge in [0.25, 0.3) is 0 Å². The highest BCUT2D eigenvalue weighted by Gasteiger charge is 2.26. The lowest BCUT2D eigenvalue weighted by atomic mass is 9.91. The second-order valence-electron chi connectivity index (χ2n) is 3.68. The third kappa shape index (κ3) is 1.74. The van der Waals surface area contributed by atoms with Crippen molar-refractivity contribution in [2.24, 2.45) is 5.92 Å². The fraction of sp³-hybridized carbons (Fsp3) is 0.364. The van der Waals surface area contributed by atoms with Crippen LogP contribution in [0.5, 0.6) is 0 Å². The van der Waals surface area contributed by atoms with Crippen molar-refractivity contribution in [1.29, 1.82) is 0 Å². The Morgan fingerprint density at radius 2 is 2.21 bits per heavy atom. The summed E-state index contributed by atoms with van der Waals surface area (Å²) in [5.74, 6) is 0.450. The number of hydrogen-bond acceptors (Lipinski definition) is 2. The number of benzene rings is 1. The van der Waals surface area contributed by atoms with Gasteiger partial charge in [-0.1, -0.05) is 22.0 Å². The number of nitrogens with one attached hydrogen (secondary N) is 1. The van der Waals surface area contributed by atoms with E-state index >= 15 is 0 Å². The van der Waals surface area contributed by atoms with Crippen LogP contribution in [0.15, 0.2) is 22.7 Å². The van der Waals surface area contributed by atoms with Crippen LogP contribution >= 0.6 is 15.9 Å². The molecule has 0 amide bonds. The SMILES string of the molecule is Cc1ccc(Br)cc1C(=O)C1CNC1. The first kappa shape index (κ1) is 9.87. The molecule has 0 unspecified atom stereocenters. The minimum atomic E-state index is 0.183. The summed E-state index contributed by atoms with van der Waals surface area (Å²) in [7, 11) is 0. The Labute approximate surface area is 91.8 Å². The lowest BCUT2D eigenvalue weighted by Crippen LogP contribution is -2.46. The summed E-state index contributed by atoms with van der Waals surface area (Å²) in [5.41, 5.74) is 1.91. The maximum absolute atomic E-state index is 11.9. The van der Waals surface area contributed by atoms with E-state index in [1.54, 1.807) is 0 Å². The Morgan fingerprint density at radius 3 is 2.79 bits per heavy atom. The van der Waals surface area contributed by atoms with E-state index < -0.39 is 0 Å². The predicted octanol–water partition coefficient (Wildman–Crippen LogP) is 2.16. The molecule has 0 aliphatic carbocycles. The molecule has 0 radical (unpaired) electrons. The van der Waals surface area contributed by atoms with Gasteiger partial charge in [-0.05, 0) is 24.6 Å². The molecular formula is C11H12BrNO. The van der Waals surface area contributed by atoms with Crippen molar-refractivity contribution in [3.63, 3.8) is 0 Å². The van der Waals surface area contributed by atoms with Crippen LogP contribution in [0.25, 0.3) is 0 Å². The lowest BCUT2D eigenvalue weighted by molar-refractivity contribution is 0.0877. The largest absolute Gasteiger partial charge is 0.315 e. The number of ketones is 1. The number of carbonyl (C=O) groups excluding carboxylic acids is 1. The topological polar surface area (TPSA) is 29.1 Å². The summed E-state index contributed by atoms with van der Waals surface area (Å²) >= 11 is 3.39. The van der Waals surface area contributed by atoms with Crippen LogP contribution in [0.3, 0.4) is 0 Å². The maximum atomic E-state index is 11.9. The number of hydrogen-bond donors (Lipinski definition) is 1. The van der Waals surface area contributed by atoms with Crippen molar-refractivity contribution < 1.29 is 4.79 Å². The third-order valence-electron chi connectivity index (χ3n) is 2.62. The second kappa shape index (κ2) is 3.83. The van der Waals surface area contributed by atoms with Crippen molar-refractivity contribution in [2.45, 2.75) is 6.92 Å². The van der Waals surface area contributed by atoms with E-state index in [0.717, 1.165) is 28.7 Å². The van der Waals surface area contributed by atoms with E-state index in [-0.39, 0.29) is 11.7 Å². The van der Waals surface area contributed by atoms with E-state index in [4.69, 9.17) is 0 Å². The Morgan fingerprint density at radius 1 is 1.50 bits per heavy atom. The Hall–Kier alpha value is -0.670. The maximum Gasteiger partial charge on any atom is 0.168 e. The lowest BCUT2D eigenvalue weighted by Gasteiger charge is -2.26. The fourth-order valence-electron chi connectivity index (χ4n) is 1.55. The number of carbonyl (C=O) groups is 1. The van der Waals surface area contributed by atoms with Gasteiger partial charge in [0.15, 0.2) is 5.78 Å². The zero-order valence-electron chi connectivity index (χ0n) is 8.01. The molecule has 1 heterocycles. The molecule has 2 rings (SSSR count). The molecule has 1 aromatic carbocycles. The van der Waals surface area contributed by atoms with E-state index in [2.05, 4.69) is 21.2 Å². The number of halogens is 1. The summed E-state index contributed by atoms with van der Waals surface area (Å²) in [4.78, 5) is 11.9. The van der Waals surface area contributed by atoms with Gasteiger partial charge in [0, 0.05) is 29.0 Å². The zero-order valence-corrected chi connectivity index (χ0v) is 9.60. The van der Waals surface area contributed by atoms with Gasteiger partial charge in [0.05, 0.1) is 0 Å². The summed E-state index contributed by atoms with van der Waals surface area (Å²) in [5, 5.41) is 3.11.